The Labute approximate surface area is 168 Å². The number of benzene rings is 2. The number of ether oxygens (including phenoxy) is 1. The number of rotatable bonds is 5. The molecule has 29 heavy (non-hydrogen) atoms. The number of aryl methyl sites for hydroxylation is 1. The molecule has 0 spiro atoms. The highest BCUT2D eigenvalue weighted by atomic mass is 32.1. The Morgan fingerprint density at radius 1 is 1.21 bits per heavy atom. The van der Waals surface area contributed by atoms with E-state index in [2.05, 4.69) is 15.4 Å². The summed E-state index contributed by atoms with van der Waals surface area (Å²) >= 11 is 1.43. The molecule has 0 saturated carbocycles. The van der Waals surface area contributed by atoms with Crippen molar-refractivity contribution < 1.29 is 14.5 Å². The van der Waals surface area contributed by atoms with Gasteiger partial charge in [-0.15, -0.1) is 0 Å². The van der Waals surface area contributed by atoms with Gasteiger partial charge >= 0.3 is 0 Å². The van der Waals surface area contributed by atoms with E-state index >= 15 is 0 Å². The number of non-ortho nitro benzene ring substituents is 1. The molecule has 0 bridgehead atoms. The summed E-state index contributed by atoms with van der Waals surface area (Å²) in [7, 11) is 1.59. The molecule has 0 atom stereocenters. The first-order valence-electron chi connectivity index (χ1n) is 8.52. The topological polar surface area (TPSA) is 112 Å². The van der Waals surface area contributed by atoms with Crippen LogP contribution >= 0.6 is 11.3 Å². The first-order valence-corrected chi connectivity index (χ1v) is 9.33. The van der Waals surface area contributed by atoms with Crippen LogP contribution in [0, 0.1) is 17.0 Å². The van der Waals surface area contributed by atoms with Crippen molar-refractivity contribution in [3.05, 3.63) is 69.9 Å². The van der Waals surface area contributed by atoms with Crippen LogP contribution in [0.25, 0.3) is 15.3 Å². The van der Waals surface area contributed by atoms with Crippen molar-refractivity contribution in [1.29, 1.82) is 0 Å². The van der Waals surface area contributed by atoms with Crippen LogP contribution in [0.15, 0.2) is 48.5 Å². The number of carbonyl (C=O) groups is 1. The van der Waals surface area contributed by atoms with Gasteiger partial charge in [-0.2, -0.15) is 9.78 Å². The molecule has 0 unspecified atom stereocenters. The summed E-state index contributed by atoms with van der Waals surface area (Å²) in [6.07, 6.45) is 0. The zero-order chi connectivity index (χ0) is 20.5. The molecule has 4 rings (SSSR count). The minimum Gasteiger partial charge on any atom is -0.497 e. The van der Waals surface area contributed by atoms with Gasteiger partial charge in [-0.25, -0.2) is 4.98 Å². The van der Waals surface area contributed by atoms with E-state index in [1.165, 1.54) is 35.6 Å². The van der Waals surface area contributed by atoms with Gasteiger partial charge in [0, 0.05) is 29.8 Å². The minimum atomic E-state index is -0.512. The molecule has 10 heteroatoms. The molecule has 146 valence electrons. The summed E-state index contributed by atoms with van der Waals surface area (Å²) in [5.41, 5.74) is 1.70. The number of anilines is 1. The van der Waals surface area contributed by atoms with Gasteiger partial charge < -0.3 is 10.1 Å². The lowest BCUT2D eigenvalue weighted by Gasteiger charge is -2.06. The summed E-state index contributed by atoms with van der Waals surface area (Å²) in [4.78, 5) is 27.4. The van der Waals surface area contributed by atoms with Crippen LogP contribution in [0.2, 0.25) is 0 Å². The molecule has 0 aliphatic rings. The second kappa shape index (κ2) is 7.32. The highest BCUT2D eigenvalue weighted by Gasteiger charge is 2.16. The second-order valence-electron chi connectivity index (χ2n) is 6.17. The Morgan fingerprint density at radius 2 is 1.97 bits per heavy atom. The fraction of sp³-hybridized carbons (Fsp3) is 0.105. The molecule has 0 radical (unpaired) electrons. The fourth-order valence-corrected chi connectivity index (χ4v) is 3.68. The number of nitrogens with zero attached hydrogens (tertiary/aromatic N) is 4. The quantitative estimate of drug-likeness (QED) is 0.394. The number of amides is 1. The predicted molar refractivity (Wildman–Crippen MR) is 109 cm³/mol. The highest BCUT2D eigenvalue weighted by molar-refractivity contribution is 7.20. The summed E-state index contributed by atoms with van der Waals surface area (Å²) in [5, 5.41) is 18.6. The molecule has 0 aliphatic heterocycles. The Balaban J connectivity index is 1.64. The van der Waals surface area contributed by atoms with Crippen LogP contribution in [-0.2, 0) is 0 Å². The standard InChI is InChI=1S/C19H15N5O4S/c1-11-9-17(21-18(25)12-3-5-13(6-4-12)24(26)27)23(22-11)19-20-15-10-14(28-2)7-8-16(15)29-19/h3-10H,1-2H3,(H,21,25). The maximum absolute atomic E-state index is 12.6. The summed E-state index contributed by atoms with van der Waals surface area (Å²) in [6, 6.07) is 12.7. The van der Waals surface area contributed by atoms with Crippen LogP contribution in [0.3, 0.4) is 0 Å². The number of hydrogen-bond acceptors (Lipinski definition) is 7. The van der Waals surface area contributed by atoms with Crippen molar-refractivity contribution in [2.45, 2.75) is 6.92 Å². The molecule has 2 heterocycles. The monoisotopic (exact) mass is 409 g/mol. The smallest absolute Gasteiger partial charge is 0.269 e. The van der Waals surface area contributed by atoms with Gasteiger partial charge in [0.05, 0.1) is 27.9 Å². The van der Waals surface area contributed by atoms with E-state index in [1.54, 1.807) is 17.9 Å². The lowest BCUT2D eigenvalue weighted by Crippen LogP contribution is -2.15. The molecular formula is C19H15N5O4S. The van der Waals surface area contributed by atoms with E-state index in [0.29, 0.717) is 28.0 Å². The van der Waals surface area contributed by atoms with Crippen LogP contribution in [-0.4, -0.2) is 32.7 Å². The third kappa shape index (κ3) is 3.65. The van der Waals surface area contributed by atoms with Gasteiger partial charge in [-0.05, 0) is 31.2 Å². The Kier molecular flexibility index (Phi) is 4.69. The normalized spacial score (nSPS) is 10.8. The van der Waals surface area contributed by atoms with E-state index in [0.717, 1.165) is 10.2 Å². The average Bonchev–Trinajstić information content (AvgIpc) is 3.30. The van der Waals surface area contributed by atoms with Crippen molar-refractivity contribution in [2.75, 3.05) is 12.4 Å². The number of thiazole rings is 1. The van der Waals surface area contributed by atoms with E-state index in [9.17, 15) is 14.9 Å². The number of nitro groups is 1. The first-order chi connectivity index (χ1) is 13.9. The van der Waals surface area contributed by atoms with Gasteiger partial charge in [0.2, 0.25) is 5.13 Å². The first kappa shape index (κ1) is 18.6. The van der Waals surface area contributed by atoms with E-state index in [-0.39, 0.29) is 5.69 Å². The van der Waals surface area contributed by atoms with Crippen LogP contribution in [0.5, 0.6) is 5.75 Å². The average molecular weight is 409 g/mol. The van der Waals surface area contributed by atoms with Crippen molar-refractivity contribution in [2.24, 2.45) is 0 Å². The number of nitrogens with one attached hydrogen (secondary N) is 1. The lowest BCUT2D eigenvalue weighted by atomic mass is 10.2. The van der Waals surface area contributed by atoms with Crippen molar-refractivity contribution >= 4 is 39.0 Å². The molecular weight excluding hydrogens is 394 g/mol. The largest absolute Gasteiger partial charge is 0.497 e. The Morgan fingerprint density at radius 3 is 2.66 bits per heavy atom. The number of carbonyl (C=O) groups excluding carboxylic acids is 1. The Bertz CT molecular complexity index is 1230. The maximum atomic E-state index is 12.6. The number of fused-ring (bicyclic) bond motifs is 1. The summed E-state index contributed by atoms with van der Waals surface area (Å²) in [6.45, 7) is 1.81. The molecule has 0 fully saturated rings. The molecule has 2 aromatic carbocycles. The lowest BCUT2D eigenvalue weighted by molar-refractivity contribution is -0.384. The molecule has 1 amide bonds. The van der Waals surface area contributed by atoms with Crippen LogP contribution in [0.1, 0.15) is 16.1 Å². The molecule has 4 aromatic rings. The van der Waals surface area contributed by atoms with Gasteiger partial charge in [0.25, 0.3) is 11.6 Å². The maximum Gasteiger partial charge on any atom is 0.269 e. The number of aromatic nitrogens is 3. The number of methoxy groups -OCH3 is 1. The minimum absolute atomic E-state index is 0.0765. The molecule has 1 N–H and O–H groups in total. The van der Waals surface area contributed by atoms with Crippen molar-refractivity contribution in [1.82, 2.24) is 14.8 Å². The van der Waals surface area contributed by atoms with E-state index < -0.39 is 10.8 Å². The van der Waals surface area contributed by atoms with Gasteiger partial charge in [-0.3, -0.25) is 14.9 Å². The van der Waals surface area contributed by atoms with Gasteiger partial charge in [-0.1, -0.05) is 11.3 Å². The third-order valence-corrected chi connectivity index (χ3v) is 5.19. The van der Waals surface area contributed by atoms with Gasteiger partial charge in [0.15, 0.2) is 0 Å². The highest BCUT2D eigenvalue weighted by Crippen LogP contribution is 2.29. The van der Waals surface area contributed by atoms with E-state index in [1.807, 2.05) is 25.1 Å². The number of nitro benzene ring substituents is 1. The van der Waals surface area contributed by atoms with Crippen LogP contribution < -0.4 is 10.1 Å². The van der Waals surface area contributed by atoms with Crippen molar-refractivity contribution in [3.63, 3.8) is 0 Å². The predicted octanol–water partition coefficient (Wildman–Crippen LogP) is 3.96. The summed E-state index contributed by atoms with van der Waals surface area (Å²) < 4.78 is 7.76. The summed E-state index contributed by atoms with van der Waals surface area (Å²) in [5.74, 6) is 0.762. The third-order valence-electron chi connectivity index (χ3n) is 4.18. The molecule has 2 aromatic heterocycles. The Hall–Kier alpha value is -3.79. The van der Waals surface area contributed by atoms with Gasteiger partial charge in [0.1, 0.15) is 11.6 Å². The van der Waals surface area contributed by atoms with E-state index in [4.69, 9.17) is 4.74 Å². The molecule has 0 saturated heterocycles. The van der Waals surface area contributed by atoms with Crippen LogP contribution in [0.4, 0.5) is 11.5 Å². The second-order valence-corrected chi connectivity index (χ2v) is 7.18. The molecule has 9 nitrogen and oxygen atoms in total. The SMILES string of the molecule is COc1ccc2sc(-n3nc(C)cc3NC(=O)c3ccc([N+](=O)[O-])cc3)nc2c1. The zero-order valence-electron chi connectivity index (χ0n) is 15.4. The molecule has 0 aliphatic carbocycles. The number of hydrogen-bond donors (Lipinski definition) is 1. The van der Waals surface area contributed by atoms with Crippen molar-refractivity contribution in [3.8, 4) is 10.9 Å². The fourth-order valence-electron chi connectivity index (χ4n) is 2.77. The zero-order valence-corrected chi connectivity index (χ0v) is 16.3.